The van der Waals surface area contributed by atoms with Gasteiger partial charge in [-0.3, -0.25) is 4.79 Å². The summed E-state index contributed by atoms with van der Waals surface area (Å²) in [6, 6.07) is 8.50. The second-order valence-corrected chi connectivity index (χ2v) is 7.37. The molecule has 142 valence electrons. The van der Waals surface area contributed by atoms with E-state index in [0.717, 1.165) is 31.2 Å². The molecule has 0 radical (unpaired) electrons. The quantitative estimate of drug-likeness (QED) is 0.858. The van der Waals surface area contributed by atoms with Crippen LogP contribution < -0.4 is 20.9 Å². The number of benzene rings is 1. The first kappa shape index (κ1) is 17.6. The molecule has 7 nitrogen and oxygen atoms in total. The van der Waals surface area contributed by atoms with Gasteiger partial charge in [0.2, 0.25) is 11.7 Å². The van der Waals surface area contributed by atoms with Crippen LogP contribution in [0.2, 0.25) is 0 Å². The van der Waals surface area contributed by atoms with Gasteiger partial charge in [0.25, 0.3) is 5.88 Å². The first-order chi connectivity index (χ1) is 13.1. The normalized spacial score (nSPS) is 24.4. The van der Waals surface area contributed by atoms with E-state index in [2.05, 4.69) is 34.2 Å². The van der Waals surface area contributed by atoms with E-state index in [-0.39, 0.29) is 17.8 Å². The van der Waals surface area contributed by atoms with Crippen LogP contribution in [-0.4, -0.2) is 22.5 Å². The molecule has 1 atom stereocenters. The topological polar surface area (TPSA) is 113 Å². The van der Waals surface area contributed by atoms with Crippen LogP contribution in [0.25, 0.3) is 0 Å². The number of nitrogens with zero attached hydrogens (tertiary/aromatic N) is 2. The van der Waals surface area contributed by atoms with Crippen LogP contribution in [-0.2, 0) is 4.79 Å². The number of carbonyl (C=O) groups excluding carboxylic acids is 1. The van der Waals surface area contributed by atoms with Crippen LogP contribution in [0.1, 0.15) is 55.3 Å². The summed E-state index contributed by atoms with van der Waals surface area (Å²) in [6.07, 6.45) is 5.97. The standard InChI is InChI=1S/C20H24N4O3/c21-17(25)9-12-1-3-13(4-2-12)14-5-7-15(8-6-14)16-10-26-20-18(27-16)19(22)23-11-24-20/h5-8,11-13,16H,1-4,9-10H2,(H2,21,25)(H2,22,23,24)/t12?,13?,16-/m1/s1. The molecule has 1 aromatic heterocycles. The molecule has 1 fully saturated rings. The molecule has 0 bridgehead atoms. The largest absolute Gasteiger partial charge is 0.473 e. The Morgan fingerprint density at radius 1 is 1.07 bits per heavy atom. The lowest BCUT2D eigenvalue weighted by Crippen LogP contribution is -2.23. The maximum Gasteiger partial charge on any atom is 0.262 e. The van der Waals surface area contributed by atoms with E-state index in [1.54, 1.807) is 0 Å². The smallest absolute Gasteiger partial charge is 0.262 e. The van der Waals surface area contributed by atoms with E-state index in [4.69, 9.17) is 20.9 Å². The van der Waals surface area contributed by atoms with E-state index in [9.17, 15) is 4.79 Å². The lowest BCUT2D eigenvalue weighted by atomic mass is 9.77. The number of hydrogen-bond acceptors (Lipinski definition) is 6. The maximum absolute atomic E-state index is 11.1. The van der Waals surface area contributed by atoms with Crippen molar-refractivity contribution in [2.75, 3.05) is 12.3 Å². The summed E-state index contributed by atoms with van der Waals surface area (Å²) >= 11 is 0. The summed E-state index contributed by atoms with van der Waals surface area (Å²) in [5, 5.41) is 0. The van der Waals surface area contributed by atoms with Gasteiger partial charge in [0, 0.05) is 6.42 Å². The summed E-state index contributed by atoms with van der Waals surface area (Å²) in [5.74, 6) is 1.88. The molecule has 0 saturated heterocycles. The fourth-order valence-electron chi connectivity index (χ4n) is 4.05. The zero-order chi connectivity index (χ0) is 18.8. The predicted molar refractivity (Wildman–Crippen MR) is 100 cm³/mol. The Kier molecular flexibility index (Phi) is 4.83. The van der Waals surface area contributed by atoms with Gasteiger partial charge < -0.3 is 20.9 Å². The Morgan fingerprint density at radius 3 is 2.48 bits per heavy atom. The average Bonchev–Trinajstić information content (AvgIpc) is 2.68. The van der Waals surface area contributed by atoms with Gasteiger partial charge in [-0.1, -0.05) is 24.3 Å². The lowest BCUT2D eigenvalue weighted by Gasteiger charge is -2.29. The number of rotatable bonds is 4. The lowest BCUT2D eigenvalue weighted by molar-refractivity contribution is -0.119. The molecule has 0 unspecified atom stereocenters. The van der Waals surface area contributed by atoms with Crippen LogP contribution in [0.3, 0.4) is 0 Å². The van der Waals surface area contributed by atoms with Gasteiger partial charge in [-0.25, -0.2) is 4.98 Å². The van der Waals surface area contributed by atoms with Gasteiger partial charge in [-0.15, -0.1) is 0 Å². The van der Waals surface area contributed by atoms with Gasteiger partial charge in [0.1, 0.15) is 12.9 Å². The molecule has 1 aromatic carbocycles. The summed E-state index contributed by atoms with van der Waals surface area (Å²) < 4.78 is 11.6. The first-order valence-corrected chi connectivity index (χ1v) is 9.38. The molecule has 1 amide bonds. The number of primary amides is 1. The third-order valence-corrected chi connectivity index (χ3v) is 5.55. The maximum atomic E-state index is 11.1. The second-order valence-electron chi connectivity index (χ2n) is 7.37. The predicted octanol–water partition coefficient (Wildman–Crippen LogP) is 2.72. The van der Waals surface area contributed by atoms with Crippen LogP contribution in [0.15, 0.2) is 30.6 Å². The van der Waals surface area contributed by atoms with Crippen molar-refractivity contribution in [2.45, 2.75) is 44.1 Å². The van der Waals surface area contributed by atoms with E-state index in [1.165, 1.54) is 11.9 Å². The molecule has 2 aromatic rings. The molecule has 0 spiro atoms. The van der Waals surface area contributed by atoms with Gasteiger partial charge in [0.15, 0.2) is 11.9 Å². The van der Waals surface area contributed by atoms with Crippen LogP contribution >= 0.6 is 0 Å². The molecule has 7 heteroatoms. The number of anilines is 1. The zero-order valence-electron chi connectivity index (χ0n) is 15.1. The third kappa shape index (κ3) is 3.82. The number of carbonyl (C=O) groups is 1. The van der Waals surface area contributed by atoms with Crippen LogP contribution in [0.5, 0.6) is 11.6 Å². The fraction of sp³-hybridized carbons (Fsp3) is 0.450. The minimum atomic E-state index is -0.230. The van der Waals surface area contributed by atoms with E-state index >= 15 is 0 Å². The van der Waals surface area contributed by atoms with Crippen molar-refractivity contribution < 1.29 is 14.3 Å². The molecule has 4 N–H and O–H groups in total. The highest BCUT2D eigenvalue weighted by Gasteiger charge is 2.27. The van der Waals surface area contributed by atoms with Gasteiger partial charge in [-0.2, -0.15) is 4.98 Å². The van der Waals surface area contributed by atoms with E-state index < -0.39 is 0 Å². The monoisotopic (exact) mass is 368 g/mol. The molecule has 2 aliphatic rings. The molecular weight excluding hydrogens is 344 g/mol. The van der Waals surface area contributed by atoms with E-state index in [0.29, 0.717) is 36.5 Å². The molecule has 1 aliphatic heterocycles. The van der Waals surface area contributed by atoms with Crippen LogP contribution in [0.4, 0.5) is 5.82 Å². The Hall–Kier alpha value is -2.83. The Labute approximate surface area is 158 Å². The number of nitrogen functional groups attached to an aromatic ring is 1. The minimum Gasteiger partial charge on any atom is -0.473 e. The Morgan fingerprint density at radius 2 is 1.78 bits per heavy atom. The van der Waals surface area contributed by atoms with Gasteiger partial charge in [-0.05, 0) is 48.6 Å². The molecule has 1 aliphatic carbocycles. The number of aromatic nitrogens is 2. The minimum absolute atomic E-state index is 0.190. The average molecular weight is 368 g/mol. The second kappa shape index (κ2) is 7.42. The fourth-order valence-corrected chi connectivity index (χ4v) is 4.05. The Balaban J connectivity index is 1.40. The van der Waals surface area contributed by atoms with Crippen molar-refractivity contribution in [3.05, 3.63) is 41.7 Å². The SMILES string of the molecule is NC(=O)CC1CCC(c2ccc([C@H]3COc4ncnc(N)c4O3)cc2)CC1. The number of nitrogens with two attached hydrogens (primary N) is 2. The van der Waals surface area contributed by atoms with E-state index in [1.807, 2.05) is 0 Å². The van der Waals surface area contributed by atoms with Crippen molar-refractivity contribution in [3.63, 3.8) is 0 Å². The molecular formula is C20H24N4O3. The number of fused-ring (bicyclic) bond motifs is 1. The highest BCUT2D eigenvalue weighted by atomic mass is 16.6. The Bertz CT molecular complexity index is 816. The van der Waals surface area contributed by atoms with Gasteiger partial charge in [0.05, 0.1) is 0 Å². The number of ether oxygens (including phenoxy) is 2. The first-order valence-electron chi connectivity index (χ1n) is 9.38. The molecule has 2 heterocycles. The number of amides is 1. The van der Waals surface area contributed by atoms with Crippen molar-refractivity contribution in [2.24, 2.45) is 11.7 Å². The highest BCUT2D eigenvalue weighted by molar-refractivity contribution is 5.74. The van der Waals surface area contributed by atoms with Crippen molar-refractivity contribution in [1.29, 1.82) is 0 Å². The molecule has 27 heavy (non-hydrogen) atoms. The third-order valence-electron chi connectivity index (χ3n) is 5.55. The zero-order valence-corrected chi connectivity index (χ0v) is 15.1. The molecule has 4 rings (SSSR count). The summed E-state index contributed by atoms with van der Waals surface area (Å²) in [6.45, 7) is 0.390. The summed E-state index contributed by atoms with van der Waals surface area (Å²) in [4.78, 5) is 19.1. The molecule has 1 saturated carbocycles. The van der Waals surface area contributed by atoms with Crippen molar-refractivity contribution >= 4 is 11.7 Å². The van der Waals surface area contributed by atoms with Crippen LogP contribution in [0, 0.1) is 5.92 Å². The van der Waals surface area contributed by atoms with Crippen molar-refractivity contribution in [1.82, 2.24) is 9.97 Å². The van der Waals surface area contributed by atoms with Crippen molar-refractivity contribution in [3.8, 4) is 11.6 Å². The summed E-state index contributed by atoms with van der Waals surface area (Å²) in [5.41, 5.74) is 13.5. The highest BCUT2D eigenvalue weighted by Crippen LogP contribution is 2.39. The number of hydrogen-bond donors (Lipinski definition) is 2. The van der Waals surface area contributed by atoms with Gasteiger partial charge >= 0.3 is 0 Å². The summed E-state index contributed by atoms with van der Waals surface area (Å²) in [7, 11) is 0.